The van der Waals surface area contributed by atoms with E-state index in [0.717, 1.165) is 33.7 Å². The van der Waals surface area contributed by atoms with Crippen LogP contribution in [-0.4, -0.2) is 35.9 Å². The van der Waals surface area contributed by atoms with E-state index in [1.807, 2.05) is 62.4 Å². The lowest BCUT2D eigenvalue weighted by Gasteiger charge is -2.39. The van der Waals surface area contributed by atoms with Gasteiger partial charge in [0.2, 0.25) is 5.91 Å². The van der Waals surface area contributed by atoms with Crippen LogP contribution in [0.4, 0.5) is 5.69 Å². The fourth-order valence-electron chi connectivity index (χ4n) is 3.61. The molecular formula is C22H22N2O3. The third-order valence-corrected chi connectivity index (χ3v) is 5.18. The molecule has 5 heteroatoms. The van der Waals surface area contributed by atoms with Crippen molar-refractivity contribution >= 4 is 23.6 Å². The molecule has 0 radical (unpaired) electrons. The number of nitrogens with zero attached hydrogens (tertiary/aromatic N) is 1. The summed E-state index contributed by atoms with van der Waals surface area (Å²) in [6, 6.07) is 12.9. The molecule has 2 aliphatic heterocycles. The number of amides is 2. The molecule has 1 fully saturated rings. The monoisotopic (exact) mass is 362 g/mol. The average Bonchev–Trinajstić information content (AvgIpc) is 2.67. The molecule has 2 amide bonds. The van der Waals surface area contributed by atoms with Gasteiger partial charge in [0.15, 0.2) is 0 Å². The molecule has 1 N–H and O–H groups in total. The Labute approximate surface area is 158 Å². The first-order valence-corrected chi connectivity index (χ1v) is 9.13. The van der Waals surface area contributed by atoms with Gasteiger partial charge in [0.1, 0.15) is 18.4 Å². The van der Waals surface area contributed by atoms with Gasteiger partial charge in [0.05, 0.1) is 0 Å². The highest BCUT2D eigenvalue weighted by molar-refractivity contribution is 6.02. The number of hydrogen-bond acceptors (Lipinski definition) is 3. The molecule has 0 aromatic heterocycles. The lowest BCUT2D eigenvalue weighted by atomic mass is 9.96. The summed E-state index contributed by atoms with van der Waals surface area (Å²) in [5.41, 5.74) is 4.52. The SMILES string of the molecule is Cc1cccc(C)c1NC(=O)[C@@H](C1=Cc2ccccc2OC1)N1CCC1=O. The van der Waals surface area contributed by atoms with Crippen LogP contribution in [0.1, 0.15) is 23.1 Å². The number of ether oxygens (including phenoxy) is 1. The zero-order chi connectivity index (χ0) is 19.0. The van der Waals surface area contributed by atoms with Gasteiger partial charge in [0.25, 0.3) is 5.91 Å². The van der Waals surface area contributed by atoms with Crippen molar-refractivity contribution in [3.63, 3.8) is 0 Å². The summed E-state index contributed by atoms with van der Waals surface area (Å²) in [5, 5.41) is 3.04. The summed E-state index contributed by atoms with van der Waals surface area (Å²) in [5.74, 6) is 0.594. The Morgan fingerprint density at radius 3 is 2.52 bits per heavy atom. The summed E-state index contributed by atoms with van der Waals surface area (Å²) in [6.07, 6.45) is 2.46. The predicted octanol–water partition coefficient (Wildman–Crippen LogP) is 3.32. The molecule has 1 atom stereocenters. The van der Waals surface area contributed by atoms with Gasteiger partial charge < -0.3 is 15.0 Å². The van der Waals surface area contributed by atoms with Gasteiger partial charge in [-0.1, -0.05) is 36.4 Å². The van der Waals surface area contributed by atoms with E-state index in [-0.39, 0.29) is 11.8 Å². The number of benzene rings is 2. The van der Waals surface area contributed by atoms with Crippen LogP contribution in [0.2, 0.25) is 0 Å². The largest absolute Gasteiger partial charge is 0.489 e. The van der Waals surface area contributed by atoms with Crippen LogP contribution >= 0.6 is 0 Å². The summed E-state index contributed by atoms with van der Waals surface area (Å²) < 4.78 is 5.83. The molecule has 0 aliphatic carbocycles. The van der Waals surface area contributed by atoms with Crippen LogP contribution in [0.5, 0.6) is 5.75 Å². The van der Waals surface area contributed by atoms with Gasteiger partial charge in [0, 0.05) is 24.2 Å². The van der Waals surface area contributed by atoms with E-state index in [4.69, 9.17) is 4.74 Å². The second-order valence-corrected chi connectivity index (χ2v) is 7.04. The van der Waals surface area contributed by atoms with Gasteiger partial charge in [-0.2, -0.15) is 0 Å². The molecule has 1 saturated heterocycles. The van der Waals surface area contributed by atoms with Crippen molar-refractivity contribution in [3.05, 3.63) is 64.7 Å². The number of aryl methyl sites for hydroxylation is 2. The zero-order valence-electron chi connectivity index (χ0n) is 15.5. The summed E-state index contributed by atoms with van der Waals surface area (Å²) in [4.78, 5) is 27.0. The molecule has 2 heterocycles. The number of rotatable bonds is 4. The van der Waals surface area contributed by atoms with Crippen LogP contribution in [0.3, 0.4) is 0 Å². The number of anilines is 1. The number of nitrogens with one attached hydrogen (secondary N) is 1. The fraction of sp³-hybridized carbons (Fsp3) is 0.273. The third-order valence-electron chi connectivity index (χ3n) is 5.18. The number of carbonyl (C=O) groups excluding carboxylic acids is 2. The molecule has 4 rings (SSSR count). The average molecular weight is 362 g/mol. The normalized spacial score (nSPS) is 16.6. The van der Waals surface area contributed by atoms with Gasteiger partial charge in [-0.25, -0.2) is 0 Å². The topological polar surface area (TPSA) is 58.6 Å². The quantitative estimate of drug-likeness (QED) is 0.849. The van der Waals surface area contributed by atoms with Crippen LogP contribution in [0.15, 0.2) is 48.0 Å². The lowest BCUT2D eigenvalue weighted by molar-refractivity contribution is -0.145. The van der Waals surface area contributed by atoms with Crippen molar-refractivity contribution in [3.8, 4) is 5.75 Å². The molecule has 2 aromatic rings. The Kier molecular flexibility index (Phi) is 4.44. The number of β-lactam (4-membered cyclic amide) rings is 1. The molecule has 2 aliphatic rings. The maximum absolute atomic E-state index is 13.2. The van der Waals surface area contributed by atoms with Gasteiger partial charge in [-0.3, -0.25) is 9.59 Å². The van der Waals surface area contributed by atoms with Crippen LogP contribution in [0.25, 0.3) is 6.08 Å². The number of fused-ring (bicyclic) bond motifs is 1. The molecule has 0 bridgehead atoms. The van der Waals surface area contributed by atoms with Crippen molar-refractivity contribution in [1.82, 2.24) is 4.90 Å². The highest BCUT2D eigenvalue weighted by atomic mass is 16.5. The summed E-state index contributed by atoms with van der Waals surface area (Å²) in [7, 11) is 0. The minimum atomic E-state index is -0.654. The Morgan fingerprint density at radius 2 is 1.85 bits per heavy atom. The van der Waals surface area contributed by atoms with E-state index in [1.54, 1.807) is 4.90 Å². The molecule has 0 saturated carbocycles. The van der Waals surface area contributed by atoms with Crippen LogP contribution in [0, 0.1) is 13.8 Å². The van der Waals surface area contributed by atoms with E-state index in [1.165, 1.54) is 0 Å². The minimum absolute atomic E-state index is 0.00332. The van der Waals surface area contributed by atoms with Crippen LogP contribution < -0.4 is 10.1 Å². The number of likely N-dealkylation sites (tertiary alicyclic amines) is 1. The molecule has 5 nitrogen and oxygen atoms in total. The first-order valence-electron chi connectivity index (χ1n) is 9.13. The third kappa shape index (κ3) is 3.21. The van der Waals surface area contributed by atoms with Gasteiger partial charge in [-0.15, -0.1) is 0 Å². The van der Waals surface area contributed by atoms with Crippen molar-refractivity contribution in [2.24, 2.45) is 0 Å². The number of hydrogen-bond donors (Lipinski definition) is 1. The molecular weight excluding hydrogens is 340 g/mol. The second kappa shape index (κ2) is 6.91. The van der Waals surface area contributed by atoms with Crippen molar-refractivity contribution in [1.29, 1.82) is 0 Å². The van der Waals surface area contributed by atoms with E-state index in [2.05, 4.69) is 5.32 Å². The fourth-order valence-corrected chi connectivity index (χ4v) is 3.61. The van der Waals surface area contributed by atoms with E-state index >= 15 is 0 Å². The number of para-hydroxylation sites is 2. The lowest BCUT2D eigenvalue weighted by Crippen LogP contribution is -2.56. The van der Waals surface area contributed by atoms with Crippen molar-refractivity contribution < 1.29 is 14.3 Å². The number of carbonyl (C=O) groups is 2. The van der Waals surface area contributed by atoms with E-state index in [0.29, 0.717) is 19.6 Å². The summed E-state index contributed by atoms with van der Waals surface area (Å²) >= 11 is 0. The molecule has 2 aromatic carbocycles. The van der Waals surface area contributed by atoms with Crippen molar-refractivity contribution in [2.45, 2.75) is 26.3 Å². The zero-order valence-corrected chi connectivity index (χ0v) is 15.5. The second-order valence-electron chi connectivity index (χ2n) is 7.04. The maximum Gasteiger partial charge on any atom is 0.251 e. The molecule has 138 valence electrons. The Balaban J connectivity index is 1.67. The predicted molar refractivity (Wildman–Crippen MR) is 105 cm³/mol. The highest BCUT2D eigenvalue weighted by Crippen LogP contribution is 2.31. The maximum atomic E-state index is 13.2. The Bertz CT molecular complexity index is 928. The Hall–Kier alpha value is -3.08. The standard InChI is InChI=1S/C22H22N2O3/c1-14-6-5-7-15(2)20(14)23-22(26)21(24-11-10-19(24)25)17-12-16-8-3-4-9-18(16)27-13-17/h3-9,12,21H,10-11,13H2,1-2H3,(H,23,26)/t21-/m1/s1. The molecule has 0 unspecified atom stereocenters. The van der Waals surface area contributed by atoms with Gasteiger partial charge >= 0.3 is 0 Å². The highest BCUT2D eigenvalue weighted by Gasteiger charge is 2.39. The van der Waals surface area contributed by atoms with E-state index < -0.39 is 6.04 Å². The first kappa shape index (κ1) is 17.3. The van der Waals surface area contributed by atoms with Gasteiger partial charge in [-0.05, 0) is 42.7 Å². The summed E-state index contributed by atoms with van der Waals surface area (Å²) in [6.45, 7) is 4.81. The first-order chi connectivity index (χ1) is 13.0. The molecule has 27 heavy (non-hydrogen) atoms. The minimum Gasteiger partial charge on any atom is -0.489 e. The smallest absolute Gasteiger partial charge is 0.251 e. The molecule has 0 spiro atoms. The van der Waals surface area contributed by atoms with Crippen LogP contribution in [-0.2, 0) is 9.59 Å². The van der Waals surface area contributed by atoms with Crippen molar-refractivity contribution in [2.75, 3.05) is 18.5 Å². The Morgan fingerprint density at radius 1 is 1.11 bits per heavy atom. The van der Waals surface area contributed by atoms with E-state index in [9.17, 15) is 9.59 Å².